The Morgan fingerprint density at radius 3 is 2.53 bits per heavy atom. The van der Waals surface area contributed by atoms with Crippen LogP contribution in [0.2, 0.25) is 0 Å². The van der Waals surface area contributed by atoms with Gasteiger partial charge in [0.15, 0.2) is 0 Å². The molecule has 6 heteroatoms. The zero-order valence-electron chi connectivity index (χ0n) is 17.4. The molecule has 1 aliphatic carbocycles. The van der Waals surface area contributed by atoms with E-state index >= 15 is 0 Å². The van der Waals surface area contributed by atoms with Gasteiger partial charge in [0.25, 0.3) is 5.91 Å². The molecule has 1 saturated heterocycles. The summed E-state index contributed by atoms with van der Waals surface area (Å²) in [5.41, 5.74) is 2.46. The number of piperidine rings is 1. The van der Waals surface area contributed by atoms with Crippen molar-refractivity contribution in [3.8, 4) is 5.75 Å². The molecular weight excluding hydrogens is 378 g/mol. The first kappa shape index (κ1) is 20.4. The largest absolute Gasteiger partial charge is 0.496 e. The molecule has 0 aromatic heterocycles. The van der Waals surface area contributed by atoms with Crippen LogP contribution in [0.1, 0.15) is 41.6 Å². The molecule has 2 N–H and O–H groups in total. The number of hydrogen-bond donors (Lipinski definition) is 2. The van der Waals surface area contributed by atoms with Gasteiger partial charge in [0.05, 0.1) is 7.11 Å². The fourth-order valence-corrected chi connectivity index (χ4v) is 3.91. The number of carbonyl (C=O) groups is 2. The summed E-state index contributed by atoms with van der Waals surface area (Å²) in [7, 11) is 1.70. The van der Waals surface area contributed by atoms with E-state index in [4.69, 9.17) is 4.74 Å². The van der Waals surface area contributed by atoms with Crippen LogP contribution in [0.15, 0.2) is 48.5 Å². The third-order valence-corrected chi connectivity index (χ3v) is 5.85. The second-order valence-corrected chi connectivity index (χ2v) is 8.18. The molecule has 1 heterocycles. The first-order chi connectivity index (χ1) is 14.6. The quantitative estimate of drug-likeness (QED) is 0.738. The van der Waals surface area contributed by atoms with Crippen molar-refractivity contribution in [1.82, 2.24) is 10.2 Å². The summed E-state index contributed by atoms with van der Waals surface area (Å²) in [6, 6.07) is 15.5. The van der Waals surface area contributed by atoms with Gasteiger partial charge in [-0.15, -0.1) is 0 Å². The monoisotopic (exact) mass is 407 g/mol. The van der Waals surface area contributed by atoms with Crippen molar-refractivity contribution >= 4 is 17.5 Å². The minimum Gasteiger partial charge on any atom is -0.496 e. The van der Waals surface area contributed by atoms with Crippen LogP contribution in [0.4, 0.5) is 5.69 Å². The number of rotatable bonds is 7. The normalized spacial score (nSPS) is 17.4. The Labute approximate surface area is 177 Å². The lowest BCUT2D eigenvalue weighted by Gasteiger charge is -2.32. The maximum atomic E-state index is 12.7. The Morgan fingerprint density at radius 2 is 1.80 bits per heavy atom. The summed E-state index contributed by atoms with van der Waals surface area (Å²) in [4.78, 5) is 27.0. The van der Waals surface area contributed by atoms with Crippen molar-refractivity contribution in [3.05, 3.63) is 59.7 Å². The standard InChI is InChI=1S/C24H29N3O3/c1-30-22-8-3-2-5-19(22)16-27-13-11-20(12-14-27)25-24(29)18-6-4-7-21(15-18)26-23(28)17-9-10-17/h2-8,15,17,20H,9-14,16H2,1H3,(H,25,29)(H,26,28). The smallest absolute Gasteiger partial charge is 0.251 e. The van der Waals surface area contributed by atoms with E-state index in [2.05, 4.69) is 21.6 Å². The number of carbonyl (C=O) groups excluding carboxylic acids is 2. The summed E-state index contributed by atoms with van der Waals surface area (Å²) in [5.74, 6) is 1.03. The van der Waals surface area contributed by atoms with Crippen LogP contribution in [-0.4, -0.2) is 43.0 Å². The van der Waals surface area contributed by atoms with Gasteiger partial charge in [-0.2, -0.15) is 0 Å². The average molecular weight is 408 g/mol. The van der Waals surface area contributed by atoms with Crippen LogP contribution in [-0.2, 0) is 11.3 Å². The van der Waals surface area contributed by atoms with Crippen LogP contribution in [0.5, 0.6) is 5.75 Å². The maximum Gasteiger partial charge on any atom is 0.251 e. The first-order valence-corrected chi connectivity index (χ1v) is 10.7. The Kier molecular flexibility index (Phi) is 6.33. The van der Waals surface area contributed by atoms with Crippen molar-refractivity contribution in [1.29, 1.82) is 0 Å². The lowest BCUT2D eigenvalue weighted by Crippen LogP contribution is -2.44. The molecule has 0 atom stereocenters. The van der Waals surface area contributed by atoms with Crippen LogP contribution in [0.3, 0.4) is 0 Å². The minimum absolute atomic E-state index is 0.0509. The van der Waals surface area contributed by atoms with Crippen molar-refractivity contribution in [2.45, 2.75) is 38.3 Å². The summed E-state index contributed by atoms with van der Waals surface area (Å²) >= 11 is 0. The molecule has 2 aromatic rings. The second kappa shape index (κ2) is 9.30. The Hall–Kier alpha value is -2.86. The van der Waals surface area contributed by atoms with Gasteiger partial charge in [-0.25, -0.2) is 0 Å². The number of benzene rings is 2. The van der Waals surface area contributed by atoms with Gasteiger partial charge in [-0.1, -0.05) is 24.3 Å². The Balaban J connectivity index is 1.27. The number of amides is 2. The van der Waals surface area contributed by atoms with E-state index in [-0.39, 0.29) is 23.8 Å². The van der Waals surface area contributed by atoms with Gasteiger partial charge in [0, 0.05) is 48.4 Å². The first-order valence-electron chi connectivity index (χ1n) is 10.7. The molecule has 0 spiro atoms. The Morgan fingerprint density at radius 1 is 1.03 bits per heavy atom. The molecule has 1 aliphatic heterocycles. The number of nitrogens with one attached hydrogen (secondary N) is 2. The van der Waals surface area contributed by atoms with Gasteiger partial charge >= 0.3 is 0 Å². The molecule has 0 radical (unpaired) electrons. The second-order valence-electron chi connectivity index (χ2n) is 8.18. The van der Waals surface area contributed by atoms with E-state index in [1.165, 1.54) is 5.56 Å². The highest BCUT2D eigenvalue weighted by molar-refractivity contribution is 5.98. The summed E-state index contributed by atoms with van der Waals surface area (Å²) in [6.07, 6.45) is 3.75. The SMILES string of the molecule is COc1ccccc1CN1CCC(NC(=O)c2cccc(NC(=O)C3CC3)c2)CC1. The highest BCUT2D eigenvalue weighted by atomic mass is 16.5. The molecule has 2 fully saturated rings. The highest BCUT2D eigenvalue weighted by Crippen LogP contribution is 2.30. The predicted octanol–water partition coefficient (Wildman–Crippen LogP) is 3.44. The van der Waals surface area contributed by atoms with Gasteiger partial charge in [-0.05, 0) is 49.9 Å². The maximum absolute atomic E-state index is 12.7. The van der Waals surface area contributed by atoms with E-state index in [0.717, 1.165) is 51.1 Å². The third-order valence-electron chi connectivity index (χ3n) is 5.85. The van der Waals surface area contributed by atoms with Crippen molar-refractivity contribution < 1.29 is 14.3 Å². The Bertz CT molecular complexity index is 902. The number of ether oxygens (including phenoxy) is 1. The molecule has 2 aliphatic rings. The fraction of sp³-hybridized carbons (Fsp3) is 0.417. The molecule has 4 rings (SSSR count). The molecule has 30 heavy (non-hydrogen) atoms. The molecule has 2 amide bonds. The molecule has 1 saturated carbocycles. The number of hydrogen-bond acceptors (Lipinski definition) is 4. The zero-order chi connectivity index (χ0) is 20.9. The molecule has 0 unspecified atom stereocenters. The molecule has 2 aromatic carbocycles. The van der Waals surface area contributed by atoms with Crippen molar-refractivity contribution in [3.63, 3.8) is 0 Å². The third kappa shape index (κ3) is 5.19. The van der Waals surface area contributed by atoms with Gasteiger partial charge < -0.3 is 15.4 Å². The van der Waals surface area contributed by atoms with Crippen LogP contribution < -0.4 is 15.4 Å². The molecule has 6 nitrogen and oxygen atoms in total. The highest BCUT2D eigenvalue weighted by Gasteiger charge is 2.29. The molecular formula is C24H29N3O3. The van der Waals surface area contributed by atoms with E-state index in [0.29, 0.717) is 11.3 Å². The number of methoxy groups -OCH3 is 1. The van der Waals surface area contributed by atoms with Crippen molar-refractivity contribution in [2.75, 3.05) is 25.5 Å². The van der Waals surface area contributed by atoms with E-state index < -0.39 is 0 Å². The number of anilines is 1. The minimum atomic E-state index is -0.0827. The van der Waals surface area contributed by atoms with Crippen molar-refractivity contribution in [2.24, 2.45) is 5.92 Å². The van der Waals surface area contributed by atoms with Crippen LogP contribution >= 0.6 is 0 Å². The summed E-state index contributed by atoms with van der Waals surface area (Å²) < 4.78 is 5.45. The fourth-order valence-electron chi connectivity index (χ4n) is 3.91. The van der Waals surface area contributed by atoms with Gasteiger partial charge in [0.1, 0.15) is 5.75 Å². The number of likely N-dealkylation sites (tertiary alicyclic amines) is 1. The topological polar surface area (TPSA) is 70.7 Å². The van der Waals surface area contributed by atoms with E-state index in [1.807, 2.05) is 30.3 Å². The predicted molar refractivity (Wildman–Crippen MR) is 117 cm³/mol. The number of para-hydroxylation sites is 1. The average Bonchev–Trinajstić information content (AvgIpc) is 3.61. The van der Waals surface area contributed by atoms with Gasteiger partial charge in [0.2, 0.25) is 5.91 Å². The van der Waals surface area contributed by atoms with Crippen LogP contribution in [0.25, 0.3) is 0 Å². The molecule has 0 bridgehead atoms. The lowest BCUT2D eigenvalue weighted by molar-refractivity contribution is -0.117. The lowest BCUT2D eigenvalue weighted by atomic mass is 10.0. The molecule has 158 valence electrons. The van der Waals surface area contributed by atoms with E-state index in [1.54, 1.807) is 19.2 Å². The van der Waals surface area contributed by atoms with E-state index in [9.17, 15) is 9.59 Å². The van der Waals surface area contributed by atoms with Crippen LogP contribution in [0, 0.1) is 5.92 Å². The summed E-state index contributed by atoms with van der Waals surface area (Å²) in [5, 5.41) is 6.06. The number of nitrogens with zero attached hydrogens (tertiary/aromatic N) is 1. The summed E-state index contributed by atoms with van der Waals surface area (Å²) in [6.45, 7) is 2.72. The zero-order valence-corrected chi connectivity index (χ0v) is 17.4. The van der Waals surface area contributed by atoms with Gasteiger partial charge in [-0.3, -0.25) is 14.5 Å².